The van der Waals surface area contributed by atoms with Crippen molar-refractivity contribution in [2.24, 2.45) is 0 Å². The lowest BCUT2D eigenvalue weighted by molar-refractivity contribution is 0.414. The zero-order valence-electron chi connectivity index (χ0n) is 15.3. The van der Waals surface area contributed by atoms with Crippen molar-refractivity contribution >= 4 is 34.4 Å². The van der Waals surface area contributed by atoms with E-state index >= 15 is 0 Å². The van der Waals surface area contributed by atoms with Crippen LogP contribution in [-0.2, 0) is 13.1 Å². The molecule has 140 valence electrons. The van der Waals surface area contributed by atoms with E-state index in [1.54, 1.807) is 25.6 Å². The highest BCUT2D eigenvalue weighted by molar-refractivity contribution is 7.80. The molecule has 0 aliphatic heterocycles. The SMILES string of the molecule is COc1ccc(CNC(=S)N(Cc2cccs2)c2ccc(OC)cc2)cc1. The summed E-state index contributed by atoms with van der Waals surface area (Å²) in [6.45, 7) is 1.37. The summed E-state index contributed by atoms with van der Waals surface area (Å²) in [5.41, 5.74) is 2.17. The second-order valence-corrected chi connectivity index (χ2v) is 7.29. The highest BCUT2D eigenvalue weighted by atomic mass is 32.1. The Hall–Kier alpha value is -2.57. The highest BCUT2D eigenvalue weighted by Gasteiger charge is 2.14. The molecular formula is C21H22N2O2S2. The lowest BCUT2D eigenvalue weighted by Gasteiger charge is -2.26. The predicted octanol–water partition coefficient (Wildman–Crippen LogP) is 4.85. The van der Waals surface area contributed by atoms with Crippen LogP contribution >= 0.6 is 23.6 Å². The highest BCUT2D eigenvalue weighted by Crippen LogP contribution is 2.23. The number of methoxy groups -OCH3 is 2. The van der Waals surface area contributed by atoms with Crippen LogP contribution in [-0.4, -0.2) is 19.3 Å². The number of hydrogen-bond donors (Lipinski definition) is 1. The van der Waals surface area contributed by atoms with Gasteiger partial charge in [-0.3, -0.25) is 0 Å². The molecule has 3 rings (SSSR count). The van der Waals surface area contributed by atoms with Gasteiger partial charge in [0.05, 0.1) is 20.8 Å². The van der Waals surface area contributed by atoms with Crippen molar-refractivity contribution in [2.75, 3.05) is 19.1 Å². The molecule has 1 aromatic heterocycles. The summed E-state index contributed by atoms with van der Waals surface area (Å²) in [7, 11) is 3.33. The van der Waals surface area contributed by atoms with Crippen LogP contribution in [0.2, 0.25) is 0 Å². The van der Waals surface area contributed by atoms with Crippen LogP contribution in [0.5, 0.6) is 11.5 Å². The Kier molecular flexibility index (Phi) is 6.68. The molecule has 3 aromatic rings. The molecule has 0 radical (unpaired) electrons. The maximum atomic E-state index is 5.70. The first-order valence-corrected chi connectivity index (χ1v) is 9.83. The Balaban J connectivity index is 1.72. The molecule has 0 saturated carbocycles. The molecule has 27 heavy (non-hydrogen) atoms. The van der Waals surface area contributed by atoms with E-state index in [9.17, 15) is 0 Å². The fourth-order valence-corrected chi connectivity index (χ4v) is 3.55. The molecule has 0 aliphatic rings. The van der Waals surface area contributed by atoms with E-state index in [1.807, 2.05) is 48.5 Å². The van der Waals surface area contributed by atoms with Gasteiger partial charge >= 0.3 is 0 Å². The molecule has 0 fully saturated rings. The molecule has 0 spiro atoms. The Bertz CT molecular complexity index is 847. The van der Waals surface area contributed by atoms with Crippen LogP contribution in [0.15, 0.2) is 66.0 Å². The van der Waals surface area contributed by atoms with Crippen molar-refractivity contribution in [1.82, 2.24) is 5.32 Å². The van der Waals surface area contributed by atoms with Gasteiger partial charge < -0.3 is 19.7 Å². The van der Waals surface area contributed by atoms with Crippen molar-refractivity contribution in [3.63, 3.8) is 0 Å². The minimum absolute atomic E-state index is 0.653. The molecule has 0 amide bonds. The maximum Gasteiger partial charge on any atom is 0.174 e. The summed E-state index contributed by atoms with van der Waals surface area (Å²) in [6.07, 6.45) is 0. The standard InChI is InChI=1S/C21H22N2O2S2/c1-24-18-9-5-16(6-10-18)14-22-21(26)23(15-20-4-3-13-27-20)17-7-11-19(25-2)12-8-17/h3-13H,14-15H2,1-2H3,(H,22,26). The van der Waals surface area contributed by atoms with E-state index in [0.29, 0.717) is 11.7 Å². The fraction of sp³-hybridized carbons (Fsp3) is 0.190. The third-order valence-corrected chi connectivity index (χ3v) is 5.35. The maximum absolute atomic E-state index is 5.70. The van der Waals surface area contributed by atoms with Gasteiger partial charge in [-0.25, -0.2) is 0 Å². The average Bonchev–Trinajstić information content (AvgIpc) is 3.24. The Morgan fingerprint density at radius 3 is 2.15 bits per heavy atom. The Labute approximate surface area is 169 Å². The second kappa shape index (κ2) is 9.39. The number of thiocarbonyl (C=S) groups is 1. The van der Waals surface area contributed by atoms with E-state index < -0.39 is 0 Å². The van der Waals surface area contributed by atoms with Crippen LogP contribution in [0.3, 0.4) is 0 Å². The summed E-state index contributed by atoms with van der Waals surface area (Å²) in [5.74, 6) is 1.67. The molecule has 0 saturated heterocycles. The number of benzene rings is 2. The summed E-state index contributed by atoms with van der Waals surface area (Å²) in [4.78, 5) is 3.35. The number of anilines is 1. The second-order valence-electron chi connectivity index (χ2n) is 5.87. The number of rotatable bonds is 7. The summed E-state index contributed by atoms with van der Waals surface area (Å²) in [6, 6.07) is 20.1. The van der Waals surface area contributed by atoms with Gasteiger partial charge in [0.25, 0.3) is 0 Å². The first kappa shape index (κ1) is 19.2. The number of nitrogens with one attached hydrogen (secondary N) is 1. The van der Waals surface area contributed by atoms with E-state index in [4.69, 9.17) is 21.7 Å². The zero-order valence-corrected chi connectivity index (χ0v) is 17.0. The molecule has 1 heterocycles. The van der Waals surface area contributed by atoms with E-state index in [1.165, 1.54) is 4.88 Å². The Morgan fingerprint density at radius 2 is 1.59 bits per heavy atom. The fourth-order valence-electron chi connectivity index (χ4n) is 2.62. The molecule has 0 aliphatic carbocycles. The van der Waals surface area contributed by atoms with Crippen molar-refractivity contribution in [3.8, 4) is 11.5 Å². The average molecular weight is 399 g/mol. The van der Waals surface area contributed by atoms with E-state index in [-0.39, 0.29) is 0 Å². The zero-order chi connectivity index (χ0) is 19.1. The van der Waals surface area contributed by atoms with Crippen molar-refractivity contribution in [3.05, 3.63) is 76.5 Å². The molecule has 2 aromatic carbocycles. The van der Waals surface area contributed by atoms with Gasteiger partial charge in [0.1, 0.15) is 11.5 Å². The van der Waals surface area contributed by atoms with Crippen LogP contribution in [0.25, 0.3) is 0 Å². The molecule has 1 N–H and O–H groups in total. The molecule has 0 atom stereocenters. The molecule has 6 heteroatoms. The predicted molar refractivity (Wildman–Crippen MR) is 116 cm³/mol. The van der Waals surface area contributed by atoms with Gasteiger partial charge in [-0.1, -0.05) is 18.2 Å². The molecular weight excluding hydrogens is 376 g/mol. The van der Waals surface area contributed by atoms with Crippen molar-refractivity contribution in [2.45, 2.75) is 13.1 Å². The minimum Gasteiger partial charge on any atom is -0.497 e. The van der Waals surface area contributed by atoms with Crippen molar-refractivity contribution < 1.29 is 9.47 Å². The summed E-state index contributed by atoms with van der Waals surface area (Å²) < 4.78 is 10.5. The molecule has 0 bridgehead atoms. The number of hydrogen-bond acceptors (Lipinski definition) is 4. The van der Waals surface area contributed by atoms with Gasteiger partial charge in [0, 0.05) is 17.1 Å². The number of nitrogens with zero attached hydrogens (tertiary/aromatic N) is 1. The van der Waals surface area contributed by atoms with E-state index in [0.717, 1.165) is 29.3 Å². The lowest BCUT2D eigenvalue weighted by atomic mass is 10.2. The summed E-state index contributed by atoms with van der Waals surface area (Å²) >= 11 is 7.42. The van der Waals surface area contributed by atoms with Gasteiger partial charge in [-0.05, 0) is 65.6 Å². The Morgan fingerprint density at radius 1 is 0.963 bits per heavy atom. The van der Waals surface area contributed by atoms with Crippen LogP contribution in [0, 0.1) is 0 Å². The first-order valence-electron chi connectivity index (χ1n) is 8.54. The summed E-state index contributed by atoms with van der Waals surface area (Å²) in [5, 5.41) is 6.13. The normalized spacial score (nSPS) is 10.3. The van der Waals surface area contributed by atoms with Gasteiger partial charge in [-0.15, -0.1) is 11.3 Å². The smallest absolute Gasteiger partial charge is 0.174 e. The van der Waals surface area contributed by atoms with E-state index in [2.05, 4.69) is 27.7 Å². The molecule has 0 unspecified atom stereocenters. The minimum atomic E-state index is 0.653. The van der Waals surface area contributed by atoms with Crippen LogP contribution in [0.4, 0.5) is 5.69 Å². The monoisotopic (exact) mass is 398 g/mol. The largest absolute Gasteiger partial charge is 0.497 e. The lowest BCUT2D eigenvalue weighted by Crippen LogP contribution is -2.38. The third-order valence-electron chi connectivity index (χ3n) is 4.13. The van der Waals surface area contributed by atoms with Crippen LogP contribution in [0.1, 0.15) is 10.4 Å². The quantitative estimate of drug-likeness (QED) is 0.576. The third kappa shape index (κ3) is 5.21. The molecule has 4 nitrogen and oxygen atoms in total. The van der Waals surface area contributed by atoms with Gasteiger partial charge in [0.15, 0.2) is 5.11 Å². The van der Waals surface area contributed by atoms with Gasteiger partial charge in [0.2, 0.25) is 0 Å². The van der Waals surface area contributed by atoms with Gasteiger partial charge in [-0.2, -0.15) is 0 Å². The first-order chi connectivity index (χ1) is 13.2. The number of thiophene rings is 1. The topological polar surface area (TPSA) is 33.7 Å². The van der Waals surface area contributed by atoms with Crippen molar-refractivity contribution in [1.29, 1.82) is 0 Å². The number of ether oxygens (including phenoxy) is 2. The van der Waals surface area contributed by atoms with Crippen LogP contribution < -0.4 is 19.7 Å².